The van der Waals surface area contributed by atoms with Crippen LogP contribution in [0.3, 0.4) is 0 Å². The molecule has 0 aromatic rings. The Balaban J connectivity index is 2.33. The lowest BCUT2D eigenvalue weighted by Crippen LogP contribution is -2.44. The number of aliphatic carboxylic acids is 1. The van der Waals surface area contributed by atoms with Gasteiger partial charge in [0.25, 0.3) is 0 Å². The number of amides is 1. The van der Waals surface area contributed by atoms with E-state index in [0.717, 1.165) is 32.1 Å². The number of rotatable bonds is 8. The van der Waals surface area contributed by atoms with Crippen molar-refractivity contribution in [3.63, 3.8) is 0 Å². The molecular formula is C16H29NO3. The third kappa shape index (κ3) is 5.93. The van der Waals surface area contributed by atoms with E-state index in [4.69, 9.17) is 0 Å². The van der Waals surface area contributed by atoms with Gasteiger partial charge in [0.1, 0.15) is 6.04 Å². The van der Waals surface area contributed by atoms with Crippen molar-refractivity contribution in [3.8, 4) is 0 Å². The summed E-state index contributed by atoms with van der Waals surface area (Å²) in [6, 6.07) is -0.593. The average Bonchev–Trinajstić information content (AvgIpc) is 2.68. The van der Waals surface area contributed by atoms with Crippen molar-refractivity contribution in [1.82, 2.24) is 4.90 Å². The van der Waals surface area contributed by atoms with Gasteiger partial charge in [-0.3, -0.25) is 4.79 Å². The Morgan fingerprint density at radius 3 is 2.45 bits per heavy atom. The van der Waals surface area contributed by atoms with Crippen LogP contribution in [0.25, 0.3) is 0 Å². The average molecular weight is 283 g/mol. The second kappa shape index (κ2) is 9.78. The smallest absolute Gasteiger partial charge is 0.326 e. The predicted molar refractivity (Wildman–Crippen MR) is 79.6 cm³/mol. The van der Waals surface area contributed by atoms with Gasteiger partial charge in [-0.05, 0) is 19.3 Å². The molecule has 1 unspecified atom stereocenters. The van der Waals surface area contributed by atoms with E-state index in [2.05, 4.69) is 6.92 Å². The Kier molecular flexibility index (Phi) is 8.31. The zero-order chi connectivity index (χ0) is 14.8. The van der Waals surface area contributed by atoms with E-state index in [1.54, 1.807) is 4.90 Å². The summed E-state index contributed by atoms with van der Waals surface area (Å²) >= 11 is 0. The van der Waals surface area contributed by atoms with Crippen LogP contribution in [0.5, 0.6) is 0 Å². The molecule has 0 bridgehead atoms. The lowest BCUT2D eigenvalue weighted by atomic mass is 10.1. The first-order valence-electron chi connectivity index (χ1n) is 8.19. The van der Waals surface area contributed by atoms with Gasteiger partial charge in [0.2, 0.25) is 5.91 Å². The molecule has 4 heteroatoms. The summed E-state index contributed by atoms with van der Waals surface area (Å²) < 4.78 is 0. The largest absolute Gasteiger partial charge is 0.480 e. The summed E-state index contributed by atoms with van der Waals surface area (Å²) in [6.07, 6.45) is 10.9. The van der Waals surface area contributed by atoms with E-state index in [1.807, 2.05) is 0 Å². The first-order chi connectivity index (χ1) is 9.66. The molecule has 0 spiro atoms. The van der Waals surface area contributed by atoms with Crippen LogP contribution in [-0.4, -0.2) is 34.5 Å². The van der Waals surface area contributed by atoms with Gasteiger partial charge in [-0.1, -0.05) is 51.9 Å². The molecule has 0 aromatic heterocycles. The Morgan fingerprint density at radius 1 is 1.05 bits per heavy atom. The van der Waals surface area contributed by atoms with Crippen molar-refractivity contribution < 1.29 is 14.7 Å². The summed E-state index contributed by atoms with van der Waals surface area (Å²) in [4.78, 5) is 25.1. The predicted octanol–water partition coefficient (Wildman–Crippen LogP) is 3.59. The highest BCUT2D eigenvalue weighted by atomic mass is 16.4. The molecule has 0 aromatic carbocycles. The summed E-state index contributed by atoms with van der Waals surface area (Å²) in [5.41, 5.74) is 0. The standard InChI is InChI=1S/C16H29NO3/c1-2-3-4-5-6-9-12-15(18)17-13-10-7-8-11-14(17)16(19)20/h14H,2-13H2,1H3,(H,19,20). The number of hydrogen-bond donors (Lipinski definition) is 1. The zero-order valence-electron chi connectivity index (χ0n) is 12.8. The van der Waals surface area contributed by atoms with Crippen molar-refractivity contribution in [2.24, 2.45) is 0 Å². The van der Waals surface area contributed by atoms with Crippen LogP contribution in [0.15, 0.2) is 0 Å². The lowest BCUT2D eigenvalue weighted by Gasteiger charge is -2.27. The van der Waals surface area contributed by atoms with Gasteiger partial charge >= 0.3 is 5.97 Å². The summed E-state index contributed by atoms with van der Waals surface area (Å²) in [5, 5.41) is 9.26. The second-order valence-corrected chi connectivity index (χ2v) is 5.81. The highest BCUT2D eigenvalue weighted by molar-refractivity contribution is 5.83. The number of carboxylic acid groups (broad SMARTS) is 1. The van der Waals surface area contributed by atoms with Gasteiger partial charge in [0.05, 0.1) is 0 Å². The van der Waals surface area contributed by atoms with Gasteiger partial charge in [-0.2, -0.15) is 0 Å². The van der Waals surface area contributed by atoms with Crippen molar-refractivity contribution in [3.05, 3.63) is 0 Å². The lowest BCUT2D eigenvalue weighted by molar-refractivity contribution is -0.150. The number of likely N-dealkylation sites (tertiary alicyclic amines) is 1. The Hall–Kier alpha value is -1.06. The molecule has 1 amide bonds. The van der Waals surface area contributed by atoms with Gasteiger partial charge in [-0.25, -0.2) is 4.79 Å². The molecule has 1 N–H and O–H groups in total. The highest BCUT2D eigenvalue weighted by Crippen LogP contribution is 2.19. The molecule has 4 nitrogen and oxygen atoms in total. The molecule has 1 heterocycles. The van der Waals surface area contributed by atoms with Crippen LogP contribution < -0.4 is 0 Å². The number of carbonyl (C=O) groups is 2. The number of nitrogens with zero attached hydrogens (tertiary/aromatic N) is 1. The number of unbranched alkanes of at least 4 members (excludes halogenated alkanes) is 5. The van der Waals surface area contributed by atoms with E-state index >= 15 is 0 Å². The van der Waals surface area contributed by atoms with Crippen LogP contribution >= 0.6 is 0 Å². The topological polar surface area (TPSA) is 57.6 Å². The maximum absolute atomic E-state index is 12.2. The molecule has 0 saturated carbocycles. The van der Waals surface area contributed by atoms with Gasteiger partial charge in [0.15, 0.2) is 0 Å². The van der Waals surface area contributed by atoms with Gasteiger partial charge < -0.3 is 10.0 Å². The monoisotopic (exact) mass is 283 g/mol. The molecule has 0 radical (unpaired) electrons. The van der Waals surface area contributed by atoms with Crippen LogP contribution in [0, 0.1) is 0 Å². The van der Waals surface area contributed by atoms with Crippen LogP contribution in [-0.2, 0) is 9.59 Å². The number of hydrogen-bond acceptors (Lipinski definition) is 2. The van der Waals surface area contributed by atoms with Gasteiger partial charge in [0, 0.05) is 13.0 Å². The second-order valence-electron chi connectivity index (χ2n) is 5.81. The molecule has 1 fully saturated rings. The van der Waals surface area contributed by atoms with E-state index in [0.29, 0.717) is 19.4 Å². The van der Waals surface area contributed by atoms with Crippen LogP contribution in [0.1, 0.15) is 77.6 Å². The Labute approximate surface area is 122 Å². The molecule has 1 aliphatic rings. The van der Waals surface area contributed by atoms with Crippen LogP contribution in [0.4, 0.5) is 0 Å². The van der Waals surface area contributed by atoms with E-state index in [9.17, 15) is 14.7 Å². The maximum Gasteiger partial charge on any atom is 0.326 e. The molecule has 0 aliphatic carbocycles. The minimum absolute atomic E-state index is 0.0368. The normalized spacial score (nSPS) is 19.6. The maximum atomic E-state index is 12.2. The fourth-order valence-corrected chi connectivity index (χ4v) is 2.86. The quantitative estimate of drug-likeness (QED) is 0.692. The molecule has 1 aliphatic heterocycles. The SMILES string of the molecule is CCCCCCCCC(=O)N1CCCCCC1C(=O)O. The summed E-state index contributed by atoms with van der Waals surface area (Å²) in [6.45, 7) is 2.81. The minimum atomic E-state index is -0.844. The van der Waals surface area contributed by atoms with E-state index < -0.39 is 12.0 Å². The highest BCUT2D eigenvalue weighted by Gasteiger charge is 2.30. The number of carboxylic acids is 1. The molecule has 1 rings (SSSR count). The molecule has 1 atom stereocenters. The molecule has 1 saturated heterocycles. The molecule has 20 heavy (non-hydrogen) atoms. The first kappa shape index (κ1) is 17.0. The summed E-state index contributed by atoms with van der Waals surface area (Å²) in [5.74, 6) is -0.807. The van der Waals surface area contributed by atoms with Crippen LogP contribution in [0.2, 0.25) is 0 Å². The van der Waals surface area contributed by atoms with Gasteiger partial charge in [-0.15, -0.1) is 0 Å². The first-order valence-corrected chi connectivity index (χ1v) is 8.19. The third-order valence-corrected chi connectivity index (χ3v) is 4.10. The molecule has 116 valence electrons. The Morgan fingerprint density at radius 2 is 1.75 bits per heavy atom. The zero-order valence-corrected chi connectivity index (χ0v) is 12.8. The van der Waals surface area contributed by atoms with Crippen molar-refractivity contribution in [2.75, 3.05) is 6.54 Å². The summed E-state index contributed by atoms with van der Waals surface area (Å²) in [7, 11) is 0. The van der Waals surface area contributed by atoms with E-state index in [-0.39, 0.29) is 5.91 Å². The fraction of sp³-hybridized carbons (Fsp3) is 0.875. The van der Waals surface area contributed by atoms with Crippen molar-refractivity contribution in [2.45, 2.75) is 83.6 Å². The van der Waals surface area contributed by atoms with Crippen molar-refractivity contribution in [1.29, 1.82) is 0 Å². The third-order valence-electron chi connectivity index (χ3n) is 4.10. The fourth-order valence-electron chi connectivity index (χ4n) is 2.86. The Bertz CT molecular complexity index is 304. The van der Waals surface area contributed by atoms with Crippen molar-refractivity contribution >= 4 is 11.9 Å². The molecular weight excluding hydrogens is 254 g/mol. The minimum Gasteiger partial charge on any atom is -0.480 e. The van der Waals surface area contributed by atoms with E-state index in [1.165, 1.54) is 25.7 Å². The number of carbonyl (C=O) groups excluding carboxylic acids is 1.